The molecule has 0 fully saturated rings. The van der Waals surface area contributed by atoms with E-state index in [1.807, 2.05) is 0 Å². The lowest BCUT2D eigenvalue weighted by Gasteiger charge is -2.02. The van der Waals surface area contributed by atoms with Gasteiger partial charge >= 0.3 is 5.97 Å². The van der Waals surface area contributed by atoms with E-state index in [4.69, 9.17) is 5.11 Å². The summed E-state index contributed by atoms with van der Waals surface area (Å²) in [5.41, 5.74) is 0. The van der Waals surface area contributed by atoms with Crippen molar-refractivity contribution >= 4 is 27.7 Å². The van der Waals surface area contributed by atoms with Gasteiger partial charge in [0.15, 0.2) is 5.78 Å². The number of allylic oxidation sites excluding steroid dienone is 2. The Bertz CT molecular complexity index is 232. The highest BCUT2D eigenvalue weighted by Gasteiger charge is 2.27. The van der Waals surface area contributed by atoms with Gasteiger partial charge in [-0.1, -0.05) is 6.08 Å². The normalized spacial score (nSPS) is 23.5. The Hall–Kier alpha value is -0.640. The maximum atomic E-state index is 11.1. The average molecular weight is 219 g/mol. The second kappa shape index (κ2) is 3.17. The molecule has 4 heteroatoms. The predicted molar refractivity (Wildman–Crippen MR) is 42.4 cm³/mol. The number of rotatable bonds is 2. The molecule has 0 saturated heterocycles. The molecule has 1 atom stereocenters. The van der Waals surface area contributed by atoms with E-state index in [1.165, 1.54) is 0 Å². The average Bonchev–Trinajstić information content (AvgIpc) is 2.18. The fraction of sp³-hybridized carbons (Fsp3) is 0.429. The van der Waals surface area contributed by atoms with Crippen LogP contribution in [0.25, 0.3) is 0 Å². The highest BCUT2D eigenvalue weighted by atomic mass is 79.9. The van der Waals surface area contributed by atoms with Gasteiger partial charge in [0.1, 0.15) is 0 Å². The summed E-state index contributed by atoms with van der Waals surface area (Å²) in [7, 11) is 0. The molecule has 1 aliphatic carbocycles. The maximum Gasteiger partial charge on any atom is 0.304 e. The maximum absolute atomic E-state index is 11.1. The summed E-state index contributed by atoms with van der Waals surface area (Å²) in [6.45, 7) is 0. The van der Waals surface area contributed by atoms with Gasteiger partial charge < -0.3 is 5.11 Å². The third kappa shape index (κ3) is 1.89. The van der Waals surface area contributed by atoms with Gasteiger partial charge in [0.05, 0.1) is 10.9 Å². The summed E-state index contributed by atoms with van der Waals surface area (Å²) in [6, 6.07) is 0. The molecule has 0 bridgehead atoms. The number of halogens is 1. The van der Waals surface area contributed by atoms with Crippen LogP contribution in [0.15, 0.2) is 10.6 Å². The van der Waals surface area contributed by atoms with Gasteiger partial charge in [0.25, 0.3) is 0 Å². The number of carboxylic acids is 1. The molecule has 0 amide bonds. The monoisotopic (exact) mass is 218 g/mol. The van der Waals surface area contributed by atoms with Crippen molar-refractivity contribution in [2.45, 2.75) is 12.8 Å². The first-order valence-electron chi connectivity index (χ1n) is 3.23. The molecule has 0 heterocycles. The van der Waals surface area contributed by atoms with Gasteiger partial charge in [0, 0.05) is 5.92 Å². The number of ketones is 1. The third-order valence-electron chi connectivity index (χ3n) is 1.61. The Morgan fingerprint density at radius 1 is 1.82 bits per heavy atom. The molecular weight excluding hydrogens is 212 g/mol. The number of Topliss-reactive ketones (excluding diaryl/α,β-unsaturated/α-hetero) is 1. The smallest absolute Gasteiger partial charge is 0.304 e. The molecule has 0 spiro atoms. The number of carbonyl (C=O) groups excluding carboxylic acids is 1. The standard InChI is InChI=1S/C7H7BrO3/c8-5-2-1-4(7(5)11)3-6(9)10/h2,4H,1,3H2,(H,9,10). The summed E-state index contributed by atoms with van der Waals surface area (Å²) in [6.07, 6.45) is 2.20. The topological polar surface area (TPSA) is 54.4 Å². The minimum absolute atomic E-state index is 0.0650. The molecule has 1 N–H and O–H groups in total. The molecule has 1 unspecified atom stereocenters. The van der Waals surface area contributed by atoms with Crippen LogP contribution in [0.2, 0.25) is 0 Å². The molecule has 60 valence electrons. The molecule has 0 aromatic carbocycles. The summed E-state index contributed by atoms with van der Waals surface area (Å²) in [5.74, 6) is -1.35. The van der Waals surface area contributed by atoms with Crippen molar-refractivity contribution in [3.8, 4) is 0 Å². The molecule has 3 nitrogen and oxygen atoms in total. The highest BCUT2D eigenvalue weighted by molar-refractivity contribution is 9.12. The van der Waals surface area contributed by atoms with Crippen LogP contribution in [0.5, 0.6) is 0 Å². The van der Waals surface area contributed by atoms with E-state index in [-0.39, 0.29) is 18.1 Å². The summed E-state index contributed by atoms with van der Waals surface area (Å²) >= 11 is 3.05. The molecular formula is C7H7BrO3. The number of hydrogen-bond acceptors (Lipinski definition) is 2. The minimum atomic E-state index is -0.918. The number of carbonyl (C=O) groups is 2. The number of aliphatic carboxylic acids is 1. The summed E-state index contributed by atoms with van der Waals surface area (Å²) < 4.78 is 0.517. The highest BCUT2D eigenvalue weighted by Crippen LogP contribution is 2.27. The zero-order valence-electron chi connectivity index (χ0n) is 5.71. The van der Waals surface area contributed by atoms with E-state index in [0.29, 0.717) is 10.9 Å². The van der Waals surface area contributed by atoms with Crippen LogP contribution in [0, 0.1) is 5.92 Å². The van der Waals surface area contributed by atoms with Gasteiger partial charge in [-0.2, -0.15) is 0 Å². The van der Waals surface area contributed by atoms with Gasteiger partial charge in [-0.25, -0.2) is 0 Å². The molecule has 11 heavy (non-hydrogen) atoms. The lowest BCUT2D eigenvalue weighted by atomic mass is 10.0. The van der Waals surface area contributed by atoms with Gasteiger partial charge in [-0.05, 0) is 22.4 Å². The van der Waals surface area contributed by atoms with Crippen LogP contribution in [-0.2, 0) is 9.59 Å². The predicted octanol–water partition coefficient (Wildman–Crippen LogP) is 1.33. The lowest BCUT2D eigenvalue weighted by molar-refractivity contribution is -0.139. The lowest BCUT2D eigenvalue weighted by Crippen LogP contribution is -2.13. The molecule has 0 aromatic rings. The van der Waals surface area contributed by atoms with Crippen molar-refractivity contribution in [1.82, 2.24) is 0 Å². The Morgan fingerprint density at radius 2 is 2.45 bits per heavy atom. The van der Waals surface area contributed by atoms with Crippen LogP contribution >= 0.6 is 15.9 Å². The van der Waals surface area contributed by atoms with Crippen LogP contribution in [-0.4, -0.2) is 16.9 Å². The number of carboxylic acid groups (broad SMARTS) is 1. The van der Waals surface area contributed by atoms with E-state index in [9.17, 15) is 9.59 Å². The van der Waals surface area contributed by atoms with Gasteiger partial charge in [0.2, 0.25) is 0 Å². The Morgan fingerprint density at radius 3 is 2.82 bits per heavy atom. The van der Waals surface area contributed by atoms with Gasteiger partial charge in [-0.3, -0.25) is 9.59 Å². The fourth-order valence-electron chi connectivity index (χ4n) is 1.04. The van der Waals surface area contributed by atoms with Crippen LogP contribution in [0.3, 0.4) is 0 Å². The van der Waals surface area contributed by atoms with E-state index >= 15 is 0 Å². The van der Waals surface area contributed by atoms with Crippen molar-refractivity contribution < 1.29 is 14.7 Å². The molecule has 0 aliphatic heterocycles. The molecule has 0 radical (unpaired) electrons. The molecule has 1 rings (SSSR count). The summed E-state index contributed by atoms with van der Waals surface area (Å²) in [4.78, 5) is 21.3. The van der Waals surface area contributed by atoms with Crippen molar-refractivity contribution in [1.29, 1.82) is 0 Å². The van der Waals surface area contributed by atoms with E-state index in [2.05, 4.69) is 15.9 Å². The first-order chi connectivity index (χ1) is 5.11. The van der Waals surface area contributed by atoms with Gasteiger partial charge in [-0.15, -0.1) is 0 Å². The zero-order valence-corrected chi connectivity index (χ0v) is 7.30. The van der Waals surface area contributed by atoms with Crippen molar-refractivity contribution in [2.24, 2.45) is 5.92 Å². The number of hydrogen-bond donors (Lipinski definition) is 1. The Labute approximate surface area is 72.2 Å². The van der Waals surface area contributed by atoms with Crippen molar-refractivity contribution in [3.05, 3.63) is 10.6 Å². The SMILES string of the molecule is O=C(O)CC1CC=C(Br)C1=O. The molecule has 0 aromatic heterocycles. The van der Waals surface area contributed by atoms with E-state index in [1.54, 1.807) is 6.08 Å². The van der Waals surface area contributed by atoms with Crippen molar-refractivity contribution in [3.63, 3.8) is 0 Å². The van der Waals surface area contributed by atoms with Crippen molar-refractivity contribution in [2.75, 3.05) is 0 Å². The van der Waals surface area contributed by atoms with Crippen LogP contribution < -0.4 is 0 Å². The molecule has 1 aliphatic rings. The van der Waals surface area contributed by atoms with E-state index in [0.717, 1.165) is 0 Å². The quantitative estimate of drug-likeness (QED) is 0.762. The second-order valence-electron chi connectivity index (χ2n) is 2.45. The fourth-order valence-corrected chi connectivity index (χ4v) is 1.55. The third-order valence-corrected chi connectivity index (χ3v) is 2.32. The zero-order chi connectivity index (χ0) is 8.43. The first kappa shape index (κ1) is 8.46. The van der Waals surface area contributed by atoms with Crippen LogP contribution in [0.1, 0.15) is 12.8 Å². The van der Waals surface area contributed by atoms with E-state index < -0.39 is 5.97 Å². The Balaban J connectivity index is 2.54. The first-order valence-corrected chi connectivity index (χ1v) is 4.02. The van der Waals surface area contributed by atoms with Crippen LogP contribution in [0.4, 0.5) is 0 Å². The summed E-state index contributed by atoms with van der Waals surface area (Å²) in [5, 5.41) is 8.39. The largest absolute Gasteiger partial charge is 0.481 e. The molecule has 0 saturated carbocycles. The second-order valence-corrected chi connectivity index (χ2v) is 3.30. The minimum Gasteiger partial charge on any atom is -0.481 e. The Kier molecular flexibility index (Phi) is 2.44.